The number of likely N-dealkylation sites (tertiary alicyclic amines) is 6. The first-order valence-corrected chi connectivity index (χ1v) is 44.0. The Hall–Kier alpha value is -10.0. The highest BCUT2D eigenvalue weighted by Gasteiger charge is 2.43. The Labute approximate surface area is 722 Å². The van der Waals surface area contributed by atoms with Gasteiger partial charge < -0.3 is 80.2 Å². The lowest BCUT2D eigenvalue weighted by atomic mass is 9.78. The summed E-state index contributed by atoms with van der Waals surface area (Å²) in [4.78, 5) is 122. The van der Waals surface area contributed by atoms with Crippen molar-refractivity contribution < 1.29 is 83.6 Å². The second kappa shape index (κ2) is 40.3. The van der Waals surface area contributed by atoms with Crippen molar-refractivity contribution >= 4 is 94.0 Å². The summed E-state index contributed by atoms with van der Waals surface area (Å²) >= 11 is 12.3. The van der Waals surface area contributed by atoms with Gasteiger partial charge >= 0.3 is 48.5 Å². The van der Waals surface area contributed by atoms with Crippen molar-refractivity contribution in [3.63, 3.8) is 0 Å². The molecule has 8 amide bonds. The molecule has 2 atom stereocenters. The normalized spacial score (nSPS) is 19.5. The van der Waals surface area contributed by atoms with Gasteiger partial charge in [-0.05, 0) is 253 Å². The van der Waals surface area contributed by atoms with Gasteiger partial charge in [0.1, 0.15) is 11.5 Å². The van der Waals surface area contributed by atoms with Crippen LogP contribution in [0.15, 0.2) is 121 Å². The molecule has 0 bridgehead atoms. The molecular weight excluding hydrogens is 1640 g/mol. The third-order valence-corrected chi connectivity index (χ3v) is 26.9. The summed E-state index contributed by atoms with van der Waals surface area (Å²) in [5.74, 6) is 1.39. The Balaban J connectivity index is 0.000000201. The van der Waals surface area contributed by atoms with Crippen LogP contribution in [0.3, 0.4) is 0 Å². The quantitative estimate of drug-likeness (QED) is 0.0239. The van der Waals surface area contributed by atoms with E-state index in [9.17, 15) is 64.7 Å². The Bertz CT molecular complexity index is 4750. The zero-order valence-electron chi connectivity index (χ0n) is 69.0. The van der Waals surface area contributed by atoms with Gasteiger partial charge in [0.25, 0.3) is 11.8 Å². The average Bonchev–Trinajstić information content (AvgIpc) is 0.938. The van der Waals surface area contributed by atoms with Gasteiger partial charge in [0.2, 0.25) is 0 Å². The number of esters is 2. The maximum atomic E-state index is 14.2. The third-order valence-electron chi connectivity index (χ3n) is 26.3. The number of aryl methyl sites for hydroxylation is 2. The van der Waals surface area contributed by atoms with Crippen LogP contribution >= 0.6 is 23.2 Å². The van der Waals surface area contributed by atoms with Gasteiger partial charge in [-0.15, -0.1) is 0 Å². The third kappa shape index (κ3) is 22.9. The zero-order valence-corrected chi connectivity index (χ0v) is 70.5. The molecule has 6 aromatic carbocycles. The van der Waals surface area contributed by atoms with Crippen LogP contribution < -0.4 is 31.6 Å². The zero-order chi connectivity index (χ0) is 86.6. The molecule has 660 valence electrons. The number of alkyl halides is 6. The van der Waals surface area contributed by atoms with Crippen LogP contribution in [-0.2, 0) is 79.5 Å². The van der Waals surface area contributed by atoms with E-state index >= 15 is 0 Å². The number of nitrogen functional groups attached to an aromatic ring is 2. The first kappa shape index (κ1) is 89.2. The summed E-state index contributed by atoms with van der Waals surface area (Å²) in [6, 6.07) is 34.0. The molecule has 6 aromatic rings. The molecule has 15 rings (SSSR count). The number of piperidine rings is 6. The number of anilines is 4. The number of rotatable bonds is 20. The molecule has 9 aliphatic rings. The molecule has 6 N–H and O–H groups in total. The summed E-state index contributed by atoms with van der Waals surface area (Å²) in [5.41, 5.74) is 14.3. The maximum absolute atomic E-state index is 14.2. The van der Waals surface area contributed by atoms with Crippen molar-refractivity contribution in [2.75, 3.05) is 127 Å². The number of amides is 8. The minimum atomic E-state index is -4.79. The topological polar surface area (TPSA) is 276 Å². The Morgan fingerprint density at radius 3 is 1.20 bits per heavy atom. The van der Waals surface area contributed by atoms with Crippen LogP contribution in [0.2, 0.25) is 10.0 Å². The van der Waals surface area contributed by atoms with Crippen LogP contribution in [0.25, 0.3) is 0 Å². The molecular formula is C91H108Cl2F6N12O12. The largest absolute Gasteiger partial charge is 0.436 e. The molecule has 24 nitrogen and oxygen atoms in total. The van der Waals surface area contributed by atoms with E-state index in [2.05, 4.69) is 26.5 Å². The van der Waals surface area contributed by atoms with Crippen LogP contribution in [-0.4, -0.2) is 216 Å². The summed E-state index contributed by atoms with van der Waals surface area (Å²) in [5, 5.41) is 5.37. The number of carbonyl (C=O) groups is 8. The SMILES string of the molecule is Nc1c(Cl)cc(C[C@@H](OC(=O)N2CCC(N3CCc4ccccc4NC3=O)CC2)C(=O)N2CCC(C3CCN(CCC(=O)Oc4ccc5c(c4)CCC5)CC3)CC2)cc1C(F)(F)F.Nc1c(Cl)cc(C[C@@H](OC(=O)N2CCC(N3CCc4ccccc4NC3=O)CC2)C(=O)N2CCC(C3CCN(CCC(=O)Oc4ccccc4)CC3)CC2)cc1C(F)(F)F. The van der Waals surface area contributed by atoms with Crippen LogP contribution in [0.5, 0.6) is 11.5 Å². The highest BCUT2D eigenvalue weighted by atomic mass is 35.5. The molecule has 0 spiro atoms. The predicted octanol–water partition coefficient (Wildman–Crippen LogP) is 15.5. The molecule has 0 aromatic heterocycles. The maximum Gasteiger partial charge on any atom is 0.418 e. The molecule has 0 unspecified atom stereocenters. The monoisotopic (exact) mass is 1740 g/mol. The molecule has 0 radical (unpaired) electrons. The molecule has 8 heterocycles. The highest BCUT2D eigenvalue weighted by Crippen LogP contribution is 2.42. The van der Waals surface area contributed by atoms with Crippen LogP contribution in [0.1, 0.15) is 141 Å². The Kier molecular flexibility index (Phi) is 29.2. The first-order chi connectivity index (χ1) is 59.1. The number of halogens is 8. The number of benzene rings is 6. The fraction of sp³-hybridized carbons (Fsp3) is 0.516. The molecule has 0 saturated carbocycles. The summed E-state index contributed by atoms with van der Waals surface area (Å²) < 4.78 is 107. The van der Waals surface area contributed by atoms with Gasteiger partial charge in [-0.2, -0.15) is 26.3 Å². The Morgan fingerprint density at radius 2 is 0.789 bits per heavy atom. The number of fused-ring (bicyclic) bond motifs is 3. The molecule has 8 aliphatic heterocycles. The molecule has 32 heteroatoms. The smallest absolute Gasteiger partial charge is 0.418 e. The number of nitrogens with one attached hydrogen (secondary N) is 2. The van der Waals surface area contributed by atoms with Crippen molar-refractivity contribution in [1.29, 1.82) is 0 Å². The van der Waals surface area contributed by atoms with E-state index in [-0.39, 0.29) is 96.3 Å². The van der Waals surface area contributed by atoms with E-state index in [4.69, 9.17) is 53.6 Å². The van der Waals surface area contributed by atoms with Gasteiger partial charge in [0, 0.05) is 115 Å². The number of carbonyl (C=O) groups excluding carboxylic acids is 8. The van der Waals surface area contributed by atoms with E-state index in [1.54, 1.807) is 31.7 Å². The van der Waals surface area contributed by atoms with E-state index in [1.807, 2.05) is 78.9 Å². The van der Waals surface area contributed by atoms with Gasteiger partial charge in [0.05, 0.1) is 45.4 Å². The second-order valence-corrected chi connectivity index (χ2v) is 34.8. The first-order valence-electron chi connectivity index (χ1n) is 43.2. The lowest BCUT2D eigenvalue weighted by Gasteiger charge is -2.41. The van der Waals surface area contributed by atoms with Crippen molar-refractivity contribution in [3.05, 3.63) is 176 Å². The van der Waals surface area contributed by atoms with Gasteiger partial charge in [-0.1, -0.05) is 83.9 Å². The van der Waals surface area contributed by atoms with Gasteiger partial charge in [0.15, 0.2) is 12.2 Å². The lowest BCUT2D eigenvalue weighted by Crippen LogP contribution is -2.52. The highest BCUT2D eigenvalue weighted by molar-refractivity contribution is 6.33. The molecule has 6 fully saturated rings. The molecule has 1 aliphatic carbocycles. The van der Waals surface area contributed by atoms with E-state index in [0.717, 1.165) is 131 Å². The van der Waals surface area contributed by atoms with E-state index in [0.29, 0.717) is 139 Å². The van der Waals surface area contributed by atoms with Gasteiger partial charge in [-0.25, -0.2) is 19.2 Å². The molecule has 123 heavy (non-hydrogen) atoms. The predicted molar refractivity (Wildman–Crippen MR) is 453 cm³/mol. The van der Waals surface area contributed by atoms with E-state index < -0.39 is 71.1 Å². The standard InChI is InChI=1S/C47H56ClF3N6O6.C44H52ClF3N6O6/c48-39-27-30(26-38(43(39)52)47(49,50)51)28-41(63-46(61)56-23-15-36(16-24-56)57-25-14-34-4-1-2-7-40(34)53-45(57)60)44(59)55-21-12-33(13-22-55)32-10-18-54(19-11-32)20-17-42(58)62-37-9-8-31-5-3-6-35(31)29-37;45-36-27-29(26-35(40(36)49)44(46,47)48)28-38(60-43(58)53-23-15-33(16-24-53)54-25-14-32-6-4-5-9-37(32)50-42(54)57)41(56)52-21-12-31(13-22-52)30-10-18-51(19-11-30)20-17-39(55)59-34-7-2-1-3-8-34/h1-2,4,7-9,26-27,29,32-33,36,41H,3,5-6,10-25,28,52H2,(H,53,60);1-9,26-27,30-31,33,38H,10-25,28,49H2,(H,50,57)/t41-;38-/m11/s1. The number of nitrogens with zero attached hydrogens (tertiary/aromatic N) is 8. The second-order valence-electron chi connectivity index (χ2n) is 34.0. The van der Waals surface area contributed by atoms with Gasteiger partial charge in [-0.3, -0.25) is 19.2 Å². The minimum absolute atomic E-state index is 0.0644. The number of hydrogen-bond donors (Lipinski definition) is 4. The van der Waals surface area contributed by atoms with Crippen molar-refractivity contribution in [2.45, 2.75) is 171 Å². The summed E-state index contributed by atoms with van der Waals surface area (Å²) in [6.07, 6.45) is -0.405. The lowest BCUT2D eigenvalue weighted by molar-refractivity contribution is -0.143. The average molecular weight is 1750 g/mol. The number of nitrogens with two attached hydrogens (primary N) is 2. The van der Waals surface area contributed by atoms with Crippen LogP contribution in [0, 0.1) is 23.7 Å². The number of ether oxygens (including phenoxy) is 4. The van der Waals surface area contributed by atoms with Crippen molar-refractivity contribution in [1.82, 2.24) is 39.2 Å². The Morgan fingerprint density at radius 1 is 0.415 bits per heavy atom. The number of hydrogen-bond acceptors (Lipinski definition) is 16. The van der Waals surface area contributed by atoms with Crippen LogP contribution in [0.4, 0.5) is 68.3 Å². The number of para-hydroxylation sites is 3. The fourth-order valence-electron chi connectivity index (χ4n) is 19.3. The number of urea groups is 2. The molecule has 6 saturated heterocycles. The van der Waals surface area contributed by atoms with E-state index in [1.165, 1.54) is 33.1 Å². The minimum Gasteiger partial charge on any atom is -0.436 e. The van der Waals surface area contributed by atoms with Crippen molar-refractivity contribution in [2.24, 2.45) is 23.7 Å². The summed E-state index contributed by atoms with van der Waals surface area (Å²) in [6.45, 7) is 8.58. The summed E-state index contributed by atoms with van der Waals surface area (Å²) in [7, 11) is 0. The fourth-order valence-corrected chi connectivity index (χ4v) is 19.8. The van der Waals surface area contributed by atoms with Crippen molar-refractivity contribution in [3.8, 4) is 11.5 Å².